The lowest BCUT2D eigenvalue weighted by atomic mass is 9.84. The molecule has 0 bridgehead atoms. The van der Waals surface area contributed by atoms with Crippen molar-refractivity contribution in [1.29, 1.82) is 0 Å². The normalized spacial score (nSPS) is 30.2. The average Bonchev–Trinajstić information content (AvgIpc) is 2.19. The number of hydrogen-bond acceptors (Lipinski definition) is 2. The quantitative estimate of drug-likeness (QED) is 0.735. The Morgan fingerprint density at radius 2 is 1.93 bits per heavy atom. The minimum absolute atomic E-state index is 0.503. The molecule has 1 fully saturated rings. The summed E-state index contributed by atoms with van der Waals surface area (Å²) in [4.78, 5) is 0. The van der Waals surface area contributed by atoms with E-state index in [0.717, 1.165) is 18.6 Å². The summed E-state index contributed by atoms with van der Waals surface area (Å²) in [5.74, 6) is 0.991. The van der Waals surface area contributed by atoms with Crippen molar-refractivity contribution in [2.75, 3.05) is 13.7 Å². The van der Waals surface area contributed by atoms with Gasteiger partial charge in [-0.1, -0.05) is 13.3 Å². The fourth-order valence-electron chi connectivity index (χ4n) is 2.44. The van der Waals surface area contributed by atoms with E-state index in [-0.39, 0.29) is 0 Å². The van der Waals surface area contributed by atoms with Gasteiger partial charge in [-0.15, -0.1) is 0 Å². The van der Waals surface area contributed by atoms with Crippen LogP contribution in [0.3, 0.4) is 0 Å². The molecule has 0 unspecified atom stereocenters. The molecule has 0 aromatic carbocycles. The van der Waals surface area contributed by atoms with Gasteiger partial charge in [0.2, 0.25) is 0 Å². The van der Waals surface area contributed by atoms with Gasteiger partial charge in [0.15, 0.2) is 0 Å². The highest BCUT2D eigenvalue weighted by Gasteiger charge is 2.20. The van der Waals surface area contributed by atoms with Crippen LogP contribution in [-0.4, -0.2) is 25.8 Å². The molecule has 0 aliphatic heterocycles. The Morgan fingerprint density at radius 1 is 1.29 bits per heavy atom. The Balaban J connectivity index is 2.15. The van der Waals surface area contributed by atoms with Gasteiger partial charge >= 0.3 is 0 Å². The third-order valence-corrected chi connectivity index (χ3v) is 3.36. The smallest absolute Gasteiger partial charge is 0.0613 e. The molecule has 0 heterocycles. The number of methoxy groups -OCH3 is 1. The van der Waals surface area contributed by atoms with Crippen molar-refractivity contribution in [1.82, 2.24) is 5.32 Å². The molecule has 0 radical (unpaired) electrons. The van der Waals surface area contributed by atoms with Crippen LogP contribution < -0.4 is 5.32 Å². The summed E-state index contributed by atoms with van der Waals surface area (Å²) < 4.78 is 5.12. The zero-order chi connectivity index (χ0) is 10.4. The Morgan fingerprint density at radius 3 is 2.43 bits per heavy atom. The molecule has 84 valence electrons. The Labute approximate surface area is 88.4 Å². The second kappa shape index (κ2) is 6.41. The molecular weight excluding hydrogens is 174 g/mol. The van der Waals surface area contributed by atoms with Gasteiger partial charge in [-0.25, -0.2) is 0 Å². The first-order valence-electron chi connectivity index (χ1n) is 6.01. The van der Waals surface area contributed by atoms with Crippen LogP contribution in [0.5, 0.6) is 0 Å². The zero-order valence-electron chi connectivity index (χ0n) is 9.88. The highest BCUT2D eigenvalue weighted by molar-refractivity contribution is 4.78. The van der Waals surface area contributed by atoms with E-state index in [0.29, 0.717) is 6.04 Å². The highest BCUT2D eigenvalue weighted by Crippen LogP contribution is 2.26. The minimum Gasteiger partial charge on any atom is -0.383 e. The standard InChI is InChI=1S/C12H25NO/c1-4-11-5-7-12(8-6-11)13-10(2)9-14-3/h10-13H,4-9H2,1-3H3/t10-,11?,12?/m0/s1. The summed E-state index contributed by atoms with van der Waals surface area (Å²) in [6, 6.07) is 1.24. The van der Waals surface area contributed by atoms with Crippen LogP contribution in [0.2, 0.25) is 0 Å². The molecule has 2 heteroatoms. The van der Waals surface area contributed by atoms with Crippen LogP contribution >= 0.6 is 0 Å². The Bertz CT molecular complexity index is 141. The predicted molar refractivity (Wildman–Crippen MR) is 60.5 cm³/mol. The van der Waals surface area contributed by atoms with E-state index in [1.807, 2.05) is 0 Å². The van der Waals surface area contributed by atoms with Crippen LogP contribution in [-0.2, 0) is 4.74 Å². The van der Waals surface area contributed by atoms with Crippen molar-refractivity contribution < 1.29 is 4.74 Å². The van der Waals surface area contributed by atoms with Crippen LogP contribution in [0.1, 0.15) is 46.0 Å². The fraction of sp³-hybridized carbons (Fsp3) is 1.00. The van der Waals surface area contributed by atoms with E-state index in [2.05, 4.69) is 19.2 Å². The van der Waals surface area contributed by atoms with Crippen LogP contribution in [0, 0.1) is 5.92 Å². The molecular formula is C12H25NO. The van der Waals surface area contributed by atoms with Crippen molar-refractivity contribution in [3.8, 4) is 0 Å². The summed E-state index contributed by atoms with van der Waals surface area (Å²) in [6.07, 6.45) is 6.89. The van der Waals surface area contributed by atoms with Crippen molar-refractivity contribution in [3.63, 3.8) is 0 Å². The van der Waals surface area contributed by atoms with Gasteiger partial charge in [-0.3, -0.25) is 0 Å². The van der Waals surface area contributed by atoms with Crippen LogP contribution in [0.25, 0.3) is 0 Å². The van der Waals surface area contributed by atoms with Crippen molar-refractivity contribution >= 4 is 0 Å². The molecule has 0 amide bonds. The van der Waals surface area contributed by atoms with Gasteiger partial charge in [-0.05, 0) is 38.5 Å². The monoisotopic (exact) mass is 199 g/mol. The van der Waals surface area contributed by atoms with E-state index in [4.69, 9.17) is 4.74 Å². The summed E-state index contributed by atoms with van der Waals surface area (Å²) in [7, 11) is 1.77. The summed E-state index contributed by atoms with van der Waals surface area (Å²) in [5, 5.41) is 3.64. The number of rotatable bonds is 5. The molecule has 1 N–H and O–H groups in total. The van der Waals surface area contributed by atoms with Gasteiger partial charge in [0.1, 0.15) is 0 Å². The topological polar surface area (TPSA) is 21.3 Å². The largest absolute Gasteiger partial charge is 0.383 e. The lowest BCUT2D eigenvalue weighted by Gasteiger charge is -2.30. The Hall–Kier alpha value is -0.0800. The second-order valence-corrected chi connectivity index (χ2v) is 4.65. The summed E-state index contributed by atoms with van der Waals surface area (Å²) in [5.41, 5.74) is 0. The van der Waals surface area contributed by atoms with E-state index < -0.39 is 0 Å². The Kier molecular flexibility index (Phi) is 5.49. The van der Waals surface area contributed by atoms with Gasteiger partial charge in [-0.2, -0.15) is 0 Å². The third-order valence-electron chi connectivity index (χ3n) is 3.36. The fourth-order valence-corrected chi connectivity index (χ4v) is 2.44. The number of nitrogens with one attached hydrogen (secondary N) is 1. The number of ether oxygens (including phenoxy) is 1. The molecule has 1 rings (SSSR count). The average molecular weight is 199 g/mol. The van der Waals surface area contributed by atoms with Crippen molar-refractivity contribution in [2.45, 2.75) is 58.0 Å². The van der Waals surface area contributed by atoms with E-state index >= 15 is 0 Å². The van der Waals surface area contributed by atoms with Gasteiger partial charge in [0, 0.05) is 19.2 Å². The first kappa shape index (κ1) is 12.0. The lowest BCUT2D eigenvalue weighted by molar-refractivity contribution is 0.158. The minimum atomic E-state index is 0.503. The molecule has 0 spiro atoms. The number of hydrogen-bond donors (Lipinski definition) is 1. The molecule has 1 saturated carbocycles. The van der Waals surface area contributed by atoms with Gasteiger partial charge < -0.3 is 10.1 Å². The van der Waals surface area contributed by atoms with E-state index in [1.54, 1.807) is 7.11 Å². The first-order chi connectivity index (χ1) is 6.76. The lowest BCUT2D eigenvalue weighted by Crippen LogP contribution is -2.41. The third kappa shape index (κ3) is 3.97. The second-order valence-electron chi connectivity index (χ2n) is 4.65. The molecule has 1 atom stereocenters. The van der Waals surface area contributed by atoms with Gasteiger partial charge in [0.05, 0.1) is 6.61 Å². The molecule has 0 saturated heterocycles. The van der Waals surface area contributed by atoms with Crippen molar-refractivity contribution in [3.05, 3.63) is 0 Å². The zero-order valence-corrected chi connectivity index (χ0v) is 9.88. The van der Waals surface area contributed by atoms with Gasteiger partial charge in [0.25, 0.3) is 0 Å². The maximum atomic E-state index is 5.12. The molecule has 0 aromatic heterocycles. The first-order valence-corrected chi connectivity index (χ1v) is 6.01. The summed E-state index contributed by atoms with van der Waals surface area (Å²) in [6.45, 7) is 5.34. The molecule has 1 aliphatic rings. The molecule has 0 aromatic rings. The van der Waals surface area contributed by atoms with Crippen molar-refractivity contribution in [2.24, 2.45) is 5.92 Å². The highest BCUT2D eigenvalue weighted by atomic mass is 16.5. The molecule has 1 aliphatic carbocycles. The van der Waals surface area contributed by atoms with E-state index in [1.165, 1.54) is 32.1 Å². The van der Waals surface area contributed by atoms with Crippen LogP contribution in [0.4, 0.5) is 0 Å². The van der Waals surface area contributed by atoms with E-state index in [9.17, 15) is 0 Å². The summed E-state index contributed by atoms with van der Waals surface area (Å²) >= 11 is 0. The molecule has 2 nitrogen and oxygen atoms in total. The SMILES string of the molecule is CCC1CCC(N[C@@H](C)COC)CC1. The maximum absolute atomic E-state index is 5.12. The maximum Gasteiger partial charge on any atom is 0.0613 e. The van der Waals surface area contributed by atoms with Crippen LogP contribution in [0.15, 0.2) is 0 Å². The molecule has 14 heavy (non-hydrogen) atoms. The predicted octanol–water partition coefficient (Wildman–Crippen LogP) is 2.58.